The van der Waals surface area contributed by atoms with Crippen molar-refractivity contribution in [1.82, 2.24) is 10.2 Å². The molecule has 3 atom stereocenters. The summed E-state index contributed by atoms with van der Waals surface area (Å²) in [5.74, 6) is 1.58. The summed E-state index contributed by atoms with van der Waals surface area (Å²) in [6.07, 6.45) is 3.56. The van der Waals surface area contributed by atoms with Gasteiger partial charge in [-0.25, -0.2) is 9.59 Å². The van der Waals surface area contributed by atoms with Crippen molar-refractivity contribution in [2.24, 2.45) is 5.92 Å². The van der Waals surface area contributed by atoms with Crippen molar-refractivity contribution in [3.8, 4) is 0 Å². The Morgan fingerprint density at radius 2 is 2.16 bits per heavy atom. The summed E-state index contributed by atoms with van der Waals surface area (Å²) >= 11 is 1.85. The lowest BCUT2D eigenvalue weighted by atomic mass is 9.93. The van der Waals surface area contributed by atoms with Crippen LogP contribution in [0.4, 0.5) is 4.79 Å². The fraction of sp³-hybridized carbons (Fsp3) is 0.846. The molecule has 0 aliphatic carbocycles. The number of rotatable bonds is 2. The number of thioether (sulfide) groups is 1. The molecular weight excluding hydrogens is 264 g/mol. The lowest BCUT2D eigenvalue weighted by Crippen LogP contribution is -2.55. The summed E-state index contributed by atoms with van der Waals surface area (Å²) in [7, 11) is 0. The summed E-state index contributed by atoms with van der Waals surface area (Å²) in [6, 6.07) is -0.674. The van der Waals surface area contributed by atoms with E-state index in [1.807, 2.05) is 18.7 Å². The van der Waals surface area contributed by atoms with Gasteiger partial charge in [-0.2, -0.15) is 11.8 Å². The molecule has 2 saturated heterocycles. The van der Waals surface area contributed by atoms with Crippen LogP contribution in [0.3, 0.4) is 0 Å². The Bertz CT molecular complexity index is 345. The molecule has 0 bridgehead atoms. The predicted molar refractivity (Wildman–Crippen MR) is 75.4 cm³/mol. The van der Waals surface area contributed by atoms with Crippen LogP contribution < -0.4 is 5.32 Å². The van der Waals surface area contributed by atoms with E-state index in [4.69, 9.17) is 0 Å². The summed E-state index contributed by atoms with van der Waals surface area (Å²) in [6.45, 7) is 2.59. The average Bonchev–Trinajstić information content (AvgIpc) is 2.39. The Morgan fingerprint density at radius 1 is 1.37 bits per heavy atom. The number of hydrogen-bond acceptors (Lipinski definition) is 3. The van der Waals surface area contributed by atoms with E-state index in [0.29, 0.717) is 18.9 Å². The fourth-order valence-corrected chi connectivity index (χ4v) is 3.80. The first-order valence-corrected chi connectivity index (χ1v) is 8.11. The molecule has 0 aromatic heterocycles. The molecule has 3 unspecified atom stereocenters. The third-order valence-electron chi connectivity index (χ3n) is 3.90. The number of aliphatic carboxylic acids is 1. The molecule has 6 heteroatoms. The second-order valence-electron chi connectivity index (χ2n) is 5.54. The lowest BCUT2D eigenvalue weighted by Gasteiger charge is -2.37. The molecule has 2 fully saturated rings. The van der Waals surface area contributed by atoms with Gasteiger partial charge in [-0.1, -0.05) is 6.92 Å². The number of carbonyl (C=O) groups is 2. The van der Waals surface area contributed by atoms with Gasteiger partial charge >= 0.3 is 12.0 Å². The highest BCUT2D eigenvalue weighted by atomic mass is 32.2. The fourth-order valence-electron chi connectivity index (χ4n) is 2.73. The molecule has 0 aromatic rings. The minimum Gasteiger partial charge on any atom is -0.480 e. The van der Waals surface area contributed by atoms with Gasteiger partial charge in [0.05, 0.1) is 0 Å². The molecule has 2 aliphatic heterocycles. The molecule has 2 aliphatic rings. The van der Waals surface area contributed by atoms with Gasteiger partial charge in [-0.05, 0) is 37.4 Å². The molecule has 2 N–H and O–H groups in total. The largest absolute Gasteiger partial charge is 0.480 e. The van der Waals surface area contributed by atoms with Crippen molar-refractivity contribution in [2.75, 3.05) is 18.1 Å². The van der Waals surface area contributed by atoms with Gasteiger partial charge in [0, 0.05) is 18.3 Å². The maximum Gasteiger partial charge on any atom is 0.326 e. The van der Waals surface area contributed by atoms with E-state index in [0.717, 1.165) is 30.8 Å². The van der Waals surface area contributed by atoms with Gasteiger partial charge in [-0.3, -0.25) is 0 Å². The highest BCUT2D eigenvalue weighted by Crippen LogP contribution is 2.23. The third-order valence-corrected chi connectivity index (χ3v) is 5.11. The molecule has 108 valence electrons. The summed E-state index contributed by atoms with van der Waals surface area (Å²) < 4.78 is 0. The Morgan fingerprint density at radius 3 is 2.79 bits per heavy atom. The van der Waals surface area contributed by atoms with Crippen molar-refractivity contribution in [2.45, 2.75) is 44.7 Å². The van der Waals surface area contributed by atoms with Crippen molar-refractivity contribution in [3.05, 3.63) is 0 Å². The second kappa shape index (κ2) is 6.50. The number of nitrogens with zero attached hydrogens (tertiary/aromatic N) is 1. The number of nitrogens with one attached hydrogen (secondary N) is 1. The minimum absolute atomic E-state index is 0.194. The predicted octanol–water partition coefficient (Wildman–Crippen LogP) is 1.78. The Kier molecular flexibility index (Phi) is 4.96. The van der Waals surface area contributed by atoms with E-state index in [-0.39, 0.29) is 12.1 Å². The first kappa shape index (κ1) is 14.5. The van der Waals surface area contributed by atoms with Gasteiger partial charge in [0.25, 0.3) is 0 Å². The van der Waals surface area contributed by atoms with Crippen LogP contribution in [0.15, 0.2) is 0 Å². The van der Waals surface area contributed by atoms with Crippen LogP contribution >= 0.6 is 11.8 Å². The number of carboxylic acid groups (broad SMARTS) is 1. The van der Waals surface area contributed by atoms with Crippen molar-refractivity contribution in [1.29, 1.82) is 0 Å². The van der Waals surface area contributed by atoms with Gasteiger partial charge < -0.3 is 15.3 Å². The maximum atomic E-state index is 12.2. The Balaban J connectivity index is 1.93. The zero-order valence-electron chi connectivity index (χ0n) is 11.3. The molecule has 5 nitrogen and oxygen atoms in total. The van der Waals surface area contributed by atoms with Crippen LogP contribution in [0, 0.1) is 5.92 Å². The molecule has 2 rings (SSSR count). The van der Waals surface area contributed by atoms with Crippen LogP contribution in [-0.2, 0) is 4.79 Å². The van der Waals surface area contributed by atoms with Crippen LogP contribution in [-0.4, -0.2) is 52.1 Å². The zero-order valence-corrected chi connectivity index (χ0v) is 12.1. The lowest BCUT2D eigenvalue weighted by molar-refractivity contribution is -0.143. The Hall–Kier alpha value is -0.910. The zero-order chi connectivity index (χ0) is 13.8. The van der Waals surface area contributed by atoms with Crippen LogP contribution in [0.25, 0.3) is 0 Å². The quantitative estimate of drug-likeness (QED) is 0.812. The molecule has 19 heavy (non-hydrogen) atoms. The normalized spacial score (nSPS) is 31.8. The number of hydrogen-bond donors (Lipinski definition) is 2. The van der Waals surface area contributed by atoms with Crippen molar-refractivity contribution in [3.63, 3.8) is 0 Å². The SMILES string of the molecule is CC1CCN(C(=O)NC2CCCSC2)C(C(=O)O)C1. The molecular formula is C13H22N2O3S. The van der Waals surface area contributed by atoms with Crippen molar-refractivity contribution >= 4 is 23.8 Å². The van der Waals surface area contributed by atoms with E-state index < -0.39 is 12.0 Å². The van der Waals surface area contributed by atoms with Gasteiger partial charge in [0.15, 0.2) is 0 Å². The monoisotopic (exact) mass is 286 g/mol. The van der Waals surface area contributed by atoms with Crippen molar-refractivity contribution < 1.29 is 14.7 Å². The molecule has 0 saturated carbocycles. The van der Waals surface area contributed by atoms with Crippen LogP contribution in [0.5, 0.6) is 0 Å². The summed E-state index contributed by atoms with van der Waals surface area (Å²) in [5.41, 5.74) is 0. The molecule has 0 radical (unpaired) electrons. The number of amides is 2. The standard InChI is InChI=1S/C13H22N2O3S/c1-9-4-5-15(11(7-9)12(16)17)13(18)14-10-3-2-6-19-8-10/h9-11H,2-8H2,1H3,(H,14,18)(H,16,17). The molecule has 0 aromatic carbocycles. The average molecular weight is 286 g/mol. The second-order valence-corrected chi connectivity index (χ2v) is 6.69. The van der Waals surface area contributed by atoms with E-state index in [2.05, 4.69) is 5.32 Å². The smallest absolute Gasteiger partial charge is 0.326 e. The first-order chi connectivity index (χ1) is 9.08. The van der Waals surface area contributed by atoms with Gasteiger partial charge in [-0.15, -0.1) is 0 Å². The molecule has 2 amide bonds. The number of likely N-dealkylation sites (tertiary alicyclic amines) is 1. The topological polar surface area (TPSA) is 69.6 Å². The maximum absolute atomic E-state index is 12.2. The number of piperidine rings is 1. The summed E-state index contributed by atoms with van der Waals surface area (Å²) in [5, 5.41) is 12.2. The van der Waals surface area contributed by atoms with E-state index in [1.54, 1.807) is 0 Å². The van der Waals surface area contributed by atoms with E-state index >= 15 is 0 Å². The molecule has 0 spiro atoms. The van der Waals surface area contributed by atoms with Crippen LogP contribution in [0.1, 0.15) is 32.6 Å². The highest BCUT2D eigenvalue weighted by Gasteiger charge is 2.35. The van der Waals surface area contributed by atoms with Gasteiger partial charge in [0.1, 0.15) is 6.04 Å². The van der Waals surface area contributed by atoms with Crippen LogP contribution in [0.2, 0.25) is 0 Å². The Labute approximate surface area is 118 Å². The highest BCUT2D eigenvalue weighted by molar-refractivity contribution is 7.99. The van der Waals surface area contributed by atoms with Gasteiger partial charge in [0.2, 0.25) is 0 Å². The number of carbonyl (C=O) groups excluding carboxylic acids is 1. The number of carboxylic acids is 1. The van der Waals surface area contributed by atoms with E-state index in [1.165, 1.54) is 4.90 Å². The molecule has 2 heterocycles. The first-order valence-electron chi connectivity index (χ1n) is 6.95. The van der Waals surface area contributed by atoms with E-state index in [9.17, 15) is 14.7 Å². The minimum atomic E-state index is -0.889. The summed E-state index contributed by atoms with van der Waals surface area (Å²) in [4.78, 5) is 25.0. The third kappa shape index (κ3) is 3.78. The number of urea groups is 1.